The van der Waals surface area contributed by atoms with E-state index in [0.717, 1.165) is 12.8 Å². The lowest BCUT2D eigenvalue weighted by atomic mass is 9.65. The number of aliphatic imine (C=N–C) groups is 1. The Labute approximate surface area is 122 Å². The largest absolute Gasteiger partial charge is 0.362 e. The maximum Gasteiger partial charge on any atom is 0.0880 e. The molecular weight excluding hydrogens is 244 g/mol. The number of nitrogens with zero attached hydrogens (tertiary/aromatic N) is 2. The minimum atomic E-state index is -0.0148. The molecule has 0 saturated heterocycles. The van der Waals surface area contributed by atoms with Gasteiger partial charge in [0.25, 0.3) is 0 Å². The fourth-order valence-electron chi connectivity index (χ4n) is 3.94. The van der Waals surface area contributed by atoms with Gasteiger partial charge in [0.15, 0.2) is 0 Å². The third-order valence-electron chi connectivity index (χ3n) is 5.74. The molecule has 2 aliphatic rings. The fourth-order valence-corrected chi connectivity index (χ4v) is 3.94. The molecule has 0 bridgehead atoms. The van der Waals surface area contributed by atoms with Crippen molar-refractivity contribution in [3.05, 3.63) is 41.1 Å². The molecule has 0 fully saturated rings. The van der Waals surface area contributed by atoms with Crippen LogP contribution in [0.2, 0.25) is 0 Å². The molecule has 2 unspecified atom stereocenters. The Morgan fingerprint density at radius 3 is 2.55 bits per heavy atom. The molecule has 1 aromatic carbocycles. The molecule has 0 aromatic heterocycles. The second-order valence-corrected chi connectivity index (χ2v) is 6.49. The first-order valence-electron chi connectivity index (χ1n) is 7.51. The molecule has 20 heavy (non-hydrogen) atoms. The van der Waals surface area contributed by atoms with Crippen LogP contribution in [0.1, 0.15) is 43.4 Å². The van der Waals surface area contributed by atoms with Crippen LogP contribution in [0.25, 0.3) is 0 Å². The molecule has 2 heteroatoms. The van der Waals surface area contributed by atoms with Gasteiger partial charge in [-0.2, -0.15) is 0 Å². The van der Waals surface area contributed by atoms with Gasteiger partial charge in [0, 0.05) is 30.6 Å². The van der Waals surface area contributed by atoms with Crippen molar-refractivity contribution in [2.75, 3.05) is 11.9 Å². The normalized spacial score (nSPS) is 31.1. The molecule has 106 valence electrons. The second-order valence-electron chi connectivity index (χ2n) is 6.49. The molecular formula is C18H24N2. The van der Waals surface area contributed by atoms with E-state index in [-0.39, 0.29) is 11.0 Å². The standard InChI is InChI=1S/C18H24N2/c1-6-17(4)15-10-13(2)14(3)11-16(15)20(5)18(17)8-7-9-19-12-18/h7,9-12H,6,8H2,1-5H3. The number of hydrogen-bond acceptors (Lipinski definition) is 2. The van der Waals surface area contributed by atoms with Crippen LogP contribution in [0.4, 0.5) is 5.69 Å². The van der Waals surface area contributed by atoms with E-state index in [1.807, 2.05) is 6.20 Å². The van der Waals surface area contributed by atoms with Crippen LogP contribution in [0.15, 0.2) is 29.4 Å². The molecule has 0 saturated carbocycles. The van der Waals surface area contributed by atoms with Crippen LogP contribution < -0.4 is 4.90 Å². The summed E-state index contributed by atoms with van der Waals surface area (Å²) in [4.78, 5) is 6.94. The van der Waals surface area contributed by atoms with E-state index in [9.17, 15) is 0 Å². The van der Waals surface area contributed by atoms with Gasteiger partial charge in [0.2, 0.25) is 0 Å². The lowest BCUT2D eigenvalue weighted by molar-refractivity contribution is 0.324. The van der Waals surface area contributed by atoms with Gasteiger partial charge >= 0.3 is 0 Å². The molecule has 3 rings (SSSR count). The molecule has 2 heterocycles. The van der Waals surface area contributed by atoms with Crippen LogP contribution in [0.3, 0.4) is 0 Å². The highest BCUT2D eigenvalue weighted by atomic mass is 15.2. The molecule has 1 aromatic rings. The molecule has 1 spiro atoms. The summed E-state index contributed by atoms with van der Waals surface area (Å²) >= 11 is 0. The van der Waals surface area contributed by atoms with Crippen LogP contribution in [0, 0.1) is 13.8 Å². The zero-order valence-electron chi connectivity index (χ0n) is 13.2. The molecule has 2 aliphatic heterocycles. The number of aryl methyl sites for hydroxylation is 2. The quantitative estimate of drug-likeness (QED) is 0.747. The Hall–Kier alpha value is -1.57. The molecule has 0 N–H and O–H groups in total. The summed E-state index contributed by atoms with van der Waals surface area (Å²) in [7, 11) is 2.22. The van der Waals surface area contributed by atoms with Gasteiger partial charge in [-0.15, -0.1) is 0 Å². The van der Waals surface area contributed by atoms with E-state index >= 15 is 0 Å². The number of hydrogen-bond donors (Lipinski definition) is 0. The van der Waals surface area contributed by atoms with Crippen molar-refractivity contribution in [2.24, 2.45) is 4.99 Å². The summed E-state index contributed by atoms with van der Waals surface area (Å²) < 4.78 is 0. The molecule has 0 aliphatic carbocycles. The molecule has 2 nitrogen and oxygen atoms in total. The van der Waals surface area contributed by atoms with Gasteiger partial charge in [-0.1, -0.05) is 26.0 Å². The summed E-state index contributed by atoms with van der Waals surface area (Å²) in [6, 6.07) is 4.74. The van der Waals surface area contributed by atoms with Crippen LogP contribution in [-0.4, -0.2) is 18.8 Å². The predicted octanol–water partition coefficient (Wildman–Crippen LogP) is 4.15. The maximum absolute atomic E-state index is 4.49. The Kier molecular flexibility index (Phi) is 2.82. The lowest BCUT2D eigenvalue weighted by Gasteiger charge is -2.45. The van der Waals surface area contributed by atoms with E-state index in [1.54, 1.807) is 0 Å². The van der Waals surface area contributed by atoms with Gasteiger partial charge in [-0.25, -0.2) is 0 Å². The summed E-state index contributed by atoms with van der Waals surface area (Å²) in [6.07, 6.45) is 8.45. The monoisotopic (exact) mass is 268 g/mol. The summed E-state index contributed by atoms with van der Waals surface area (Å²) in [5, 5.41) is 0. The summed E-state index contributed by atoms with van der Waals surface area (Å²) in [6.45, 7) is 9.11. The third-order valence-corrected chi connectivity index (χ3v) is 5.74. The first-order valence-corrected chi connectivity index (χ1v) is 7.51. The Morgan fingerprint density at radius 2 is 1.95 bits per heavy atom. The van der Waals surface area contributed by atoms with Crippen molar-refractivity contribution in [1.29, 1.82) is 0 Å². The lowest BCUT2D eigenvalue weighted by Crippen LogP contribution is -2.57. The highest BCUT2D eigenvalue weighted by Crippen LogP contribution is 2.54. The zero-order valence-corrected chi connectivity index (χ0v) is 13.2. The van der Waals surface area contributed by atoms with Crippen molar-refractivity contribution >= 4 is 11.9 Å². The number of likely N-dealkylation sites (N-methyl/N-ethyl adjacent to an activating group) is 1. The molecule has 0 radical (unpaired) electrons. The highest BCUT2D eigenvalue weighted by molar-refractivity contribution is 5.87. The summed E-state index contributed by atoms with van der Waals surface area (Å²) in [5.41, 5.74) is 5.71. The van der Waals surface area contributed by atoms with Crippen molar-refractivity contribution in [2.45, 2.75) is 51.5 Å². The average Bonchev–Trinajstić information content (AvgIpc) is 2.62. The molecule has 2 atom stereocenters. The smallest absolute Gasteiger partial charge is 0.0880 e. The van der Waals surface area contributed by atoms with E-state index < -0.39 is 0 Å². The first kappa shape index (κ1) is 13.4. The fraction of sp³-hybridized carbons (Fsp3) is 0.500. The van der Waals surface area contributed by atoms with Gasteiger partial charge in [-0.3, -0.25) is 4.99 Å². The van der Waals surface area contributed by atoms with E-state index in [1.165, 1.54) is 22.4 Å². The van der Waals surface area contributed by atoms with Crippen LogP contribution >= 0.6 is 0 Å². The van der Waals surface area contributed by atoms with Crippen molar-refractivity contribution in [3.8, 4) is 0 Å². The Bertz CT molecular complexity index is 614. The van der Waals surface area contributed by atoms with E-state index in [2.05, 4.69) is 69.1 Å². The summed E-state index contributed by atoms with van der Waals surface area (Å²) in [5.74, 6) is 0. The van der Waals surface area contributed by atoms with Crippen molar-refractivity contribution < 1.29 is 0 Å². The van der Waals surface area contributed by atoms with E-state index in [4.69, 9.17) is 0 Å². The van der Waals surface area contributed by atoms with Crippen LogP contribution in [0.5, 0.6) is 0 Å². The third kappa shape index (κ3) is 1.42. The minimum absolute atomic E-state index is 0.0148. The Morgan fingerprint density at radius 1 is 1.25 bits per heavy atom. The van der Waals surface area contributed by atoms with Gasteiger partial charge in [0.05, 0.1) is 5.54 Å². The van der Waals surface area contributed by atoms with Gasteiger partial charge in [-0.05, 0) is 49.4 Å². The van der Waals surface area contributed by atoms with Gasteiger partial charge in [0.1, 0.15) is 0 Å². The number of benzene rings is 1. The number of anilines is 1. The predicted molar refractivity (Wildman–Crippen MR) is 86.9 cm³/mol. The Balaban J connectivity index is 2.27. The SMILES string of the molecule is CCC1(C)c2cc(C)c(C)cc2N(C)C12C=NC=CC2. The highest BCUT2D eigenvalue weighted by Gasteiger charge is 2.56. The number of fused-ring (bicyclic) bond motifs is 1. The zero-order chi connectivity index (χ0) is 14.5. The van der Waals surface area contributed by atoms with Gasteiger partial charge < -0.3 is 4.90 Å². The van der Waals surface area contributed by atoms with Crippen LogP contribution in [-0.2, 0) is 5.41 Å². The van der Waals surface area contributed by atoms with Crippen molar-refractivity contribution in [1.82, 2.24) is 0 Å². The van der Waals surface area contributed by atoms with E-state index in [0.29, 0.717) is 0 Å². The molecule has 0 amide bonds. The minimum Gasteiger partial charge on any atom is -0.362 e. The number of rotatable bonds is 1. The first-order chi connectivity index (χ1) is 9.46. The second kappa shape index (κ2) is 4.21. The topological polar surface area (TPSA) is 15.6 Å². The van der Waals surface area contributed by atoms with Crippen molar-refractivity contribution in [3.63, 3.8) is 0 Å². The maximum atomic E-state index is 4.49. The average molecular weight is 268 g/mol.